The van der Waals surface area contributed by atoms with Crippen molar-refractivity contribution in [2.75, 3.05) is 0 Å². The van der Waals surface area contributed by atoms with Gasteiger partial charge in [-0.3, -0.25) is 0 Å². The van der Waals surface area contributed by atoms with Gasteiger partial charge < -0.3 is 4.57 Å². The Morgan fingerprint density at radius 1 is 0.476 bits per heavy atom. The Kier molecular flexibility index (Phi) is 5.42. The van der Waals surface area contributed by atoms with Crippen molar-refractivity contribution in [2.45, 2.75) is 0 Å². The van der Waals surface area contributed by atoms with Crippen LogP contribution < -0.4 is 0 Å². The molecule has 0 radical (unpaired) electrons. The molecule has 3 heteroatoms. The number of benzene rings is 7. The van der Waals surface area contributed by atoms with E-state index >= 15 is 0 Å². The van der Waals surface area contributed by atoms with E-state index in [0.29, 0.717) is 11.1 Å². The fraction of sp³-hybridized carbons (Fsp3) is 0. The Labute approximate surface area is 242 Å². The standard InChI is InChI=1S/C39H23FN2/c40-28-21-25(24-41)20-27(22-28)39-33-15-6-4-13-31(33)38(32-14-5-7-16-34(32)39)26-18-19-37-35(23-26)30-12-8-9-17-36(30)42(37)29-10-2-1-3-11-29/h1-23H. The molecule has 0 aliphatic heterocycles. The molecule has 0 fully saturated rings. The second-order valence-electron chi connectivity index (χ2n) is 10.6. The minimum atomic E-state index is -0.415. The predicted molar refractivity (Wildman–Crippen MR) is 171 cm³/mol. The van der Waals surface area contributed by atoms with Gasteiger partial charge in [0.2, 0.25) is 0 Å². The van der Waals surface area contributed by atoms with Gasteiger partial charge in [-0.15, -0.1) is 0 Å². The predicted octanol–water partition coefficient (Wildman–Crippen LogP) is 10.4. The largest absolute Gasteiger partial charge is 0.309 e. The number of halogens is 1. The lowest BCUT2D eigenvalue weighted by Gasteiger charge is -2.18. The Bertz CT molecular complexity index is 2320. The zero-order chi connectivity index (χ0) is 28.2. The Hall–Kier alpha value is -5.72. The highest BCUT2D eigenvalue weighted by molar-refractivity contribution is 6.22. The third-order valence-electron chi connectivity index (χ3n) is 8.22. The molecule has 42 heavy (non-hydrogen) atoms. The van der Waals surface area contributed by atoms with Gasteiger partial charge in [0.15, 0.2) is 0 Å². The topological polar surface area (TPSA) is 28.7 Å². The second kappa shape index (κ2) is 9.44. The van der Waals surface area contributed by atoms with Gasteiger partial charge in [0.1, 0.15) is 5.82 Å². The van der Waals surface area contributed by atoms with Crippen molar-refractivity contribution in [3.8, 4) is 34.0 Å². The average molecular weight is 539 g/mol. The molecule has 0 atom stereocenters. The Morgan fingerprint density at radius 3 is 1.67 bits per heavy atom. The molecule has 0 bridgehead atoms. The first-order valence-corrected chi connectivity index (χ1v) is 13.9. The van der Waals surface area contributed by atoms with Crippen molar-refractivity contribution < 1.29 is 4.39 Å². The molecule has 1 heterocycles. The lowest BCUT2D eigenvalue weighted by molar-refractivity contribution is 0.628. The third kappa shape index (κ3) is 3.63. The van der Waals surface area contributed by atoms with Gasteiger partial charge in [-0.25, -0.2) is 4.39 Å². The highest BCUT2D eigenvalue weighted by atomic mass is 19.1. The normalized spacial score (nSPS) is 11.4. The number of hydrogen-bond donors (Lipinski definition) is 0. The monoisotopic (exact) mass is 538 g/mol. The maximum Gasteiger partial charge on any atom is 0.125 e. The van der Waals surface area contributed by atoms with Crippen molar-refractivity contribution in [3.05, 3.63) is 151 Å². The van der Waals surface area contributed by atoms with Gasteiger partial charge in [0, 0.05) is 16.5 Å². The van der Waals surface area contributed by atoms with E-state index in [1.54, 1.807) is 6.07 Å². The zero-order valence-electron chi connectivity index (χ0n) is 22.6. The van der Waals surface area contributed by atoms with Crippen molar-refractivity contribution in [3.63, 3.8) is 0 Å². The molecule has 0 N–H and O–H groups in total. The van der Waals surface area contributed by atoms with Gasteiger partial charge in [-0.05, 0) is 92.3 Å². The molecule has 196 valence electrons. The molecule has 8 aromatic rings. The Morgan fingerprint density at radius 2 is 1.02 bits per heavy atom. The summed E-state index contributed by atoms with van der Waals surface area (Å²) in [6.45, 7) is 0. The maximum atomic E-state index is 14.7. The van der Waals surface area contributed by atoms with E-state index < -0.39 is 5.82 Å². The summed E-state index contributed by atoms with van der Waals surface area (Å²) in [4.78, 5) is 0. The Balaban J connectivity index is 1.47. The molecule has 0 amide bonds. The number of nitriles is 1. The molecule has 0 unspecified atom stereocenters. The highest BCUT2D eigenvalue weighted by Gasteiger charge is 2.19. The van der Waals surface area contributed by atoms with Gasteiger partial charge in [-0.2, -0.15) is 5.26 Å². The summed E-state index contributed by atoms with van der Waals surface area (Å²) in [5.74, 6) is -0.415. The van der Waals surface area contributed by atoms with Crippen molar-refractivity contribution >= 4 is 43.4 Å². The van der Waals surface area contributed by atoms with E-state index in [9.17, 15) is 9.65 Å². The summed E-state index contributed by atoms with van der Waals surface area (Å²) in [6.07, 6.45) is 0. The summed E-state index contributed by atoms with van der Waals surface area (Å²) in [5.41, 5.74) is 7.65. The number of rotatable bonds is 3. The van der Waals surface area contributed by atoms with E-state index in [2.05, 4.69) is 114 Å². The molecule has 0 saturated heterocycles. The second-order valence-corrected chi connectivity index (χ2v) is 10.6. The first-order chi connectivity index (χ1) is 20.7. The number of hydrogen-bond acceptors (Lipinski definition) is 1. The van der Waals surface area contributed by atoms with Crippen LogP contribution in [0.15, 0.2) is 140 Å². The molecule has 8 rings (SSSR count). The molecular formula is C39H23FN2. The molecule has 0 spiro atoms. The molecule has 1 aromatic heterocycles. The van der Waals surface area contributed by atoms with Gasteiger partial charge in [0.25, 0.3) is 0 Å². The van der Waals surface area contributed by atoms with Crippen molar-refractivity contribution in [1.29, 1.82) is 5.26 Å². The van der Waals surface area contributed by atoms with Crippen LogP contribution in [0, 0.1) is 17.1 Å². The van der Waals surface area contributed by atoms with Gasteiger partial charge in [0.05, 0.1) is 22.7 Å². The number of fused-ring (bicyclic) bond motifs is 5. The van der Waals surface area contributed by atoms with Crippen LogP contribution >= 0.6 is 0 Å². The number of para-hydroxylation sites is 2. The average Bonchev–Trinajstić information content (AvgIpc) is 3.37. The highest BCUT2D eigenvalue weighted by Crippen LogP contribution is 2.45. The molecule has 7 aromatic carbocycles. The summed E-state index contributed by atoms with van der Waals surface area (Å²) >= 11 is 0. The molecule has 0 saturated carbocycles. The van der Waals surface area contributed by atoms with E-state index in [1.165, 1.54) is 28.4 Å². The van der Waals surface area contributed by atoms with Crippen LogP contribution in [-0.4, -0.2) is 4.57 Å². The first-order valence-electron chi connectivity index (χ1n) is 13.9. The van der Waals surface area contributed by atoms with Crippen LogP contribution in [-0.2, 0) is 0 Å². The maximum absolute atomic E-state index is 14.7. The van der Waals surface area contributed by atoms with Crippen LogP contribution in [0.3, 0.4) is 0 Å². The quantitative estimate of drug-likeness (QED) is 0.206. The van der Waals surface area contributed by atoms with Crippen molar-refractivity contribution in [1.82, 2.24) is 4.57 Å². The molecular weight excluding hydrogens is 515 g/mol. The van der Waals surface area contributed by atoms with E-state index in [4.69, 9.17) is 0 Å². The lowest BCUT2D eigenvalue weighted by atomic mass is 9.85. The fourth-order valence-electron chi connectivity index (χ4n) is 6.53. The molecule has 0 aliphatic carbocycles. The van der Waals surface area contributed by atoms with Crippen LogP contribution in [0.25, 0.3) is 71.3 Å². The fourth-order valence-corrected chi connectivity index (χ4v) is 6.53. The van der Waals surface area contributed by atoms with E-state index in [-0.39, 0.29) is 0 Å². The number of nitrogens with zero attached hydrogens (tertiary/aromatic N) is 2. The SMILES string of the molecule is N#Cc1cc(F)cc(-c2c3ccccc3c(-c3ccc4c(c3)c3ccccc3n4-c3ccccc3)c3ccccc23)c1. The smallest absolute Gasteiger partial charge is 0.125 e. The summed E-state index contributed by atoms with van der Waals surface area (Å²) < 4.78 is 17.0. The van der Waals surface area contributed by atoms with E-state index in [0.717, 1.165) is 49.4 Å². The van der Waals surface area contributed by atoms with Crippen molar-refractivity contribution in [2.24, 2.45) is 0 Å². The lowest BCUT2D eigenvalue weighted by Crippen LogP contribution is -1.93. The minimum Gasteiger partial charge on any atom is -0.309 e. The first kappa shape index (κ1) is 24.1. The van der Waals surface area contributed by atoms with Crippen LogP contribution in [0.2, 0.25) is 0 Å². The van der Waals surface area contributed by atoms with Crippen LogP contribution in [0.5, 0.6) is 0 Å². The zero-order valence-corrected chi connectivity index (χ0v) is 22.6. The number of aromatic nitrogens is 1. The molecule has 0 aliphatic rings. The summed E-state index contributed by atoms with van der Waals surface area (Å²) in [5, 5.41) is 16.2. The van der Waals surface area contributed by atoms with Crippen LogP contribution in [0.4, 0.5) is 4.39 Å². The van der Waals surface area contributed by atoms with Gasteiger partial charge >= 0.3 is 0 Å². The van der Waals surface area contributed by atoms with Crippen LogP contribution in [0.1, 0.15) is 5.56 Å². The third-order valence-corrected chi connectivity index (χ3v) is 8.22. The molecule has 2 nitrogen and oxygen atoms in total. The van der Waals surface area contributed by atoms with Gasteiger partial charge in [-0.1, -0.05) is 91.0 Å². The summed E-state index contributed by atoms with van der Waals surface area (Å²) in [7, 11) is 0. The minimum absolute atomic E-state index is 0.308. The summed E-state index contributed by atoms with van der Waals surface area (Å²) in [6, 6.07) is 49.1. The van der Waals surface area contributed by atoms with E-state index in [1.807, 2.05) is 18.2 Å².